The van der Waals surface area contributed by atoms with Crippen molar-refractivity contribution in [2.75, 3.05) is 6.54 Å². The van der Waals surface area contributed by atoms with Gasteiger partial charge in [-0.1, -0.05) is 0 Å². The highest BCUT2D eigenvalue weighted by Gasteiger charge is 2.10. The van der Waals surface area contributed by atoms with Crippen molar-refractivity contribution in [1.82, 2.24) is 24.8 Å². The topological polar surface area (TPSA) is 110 Å². The molecule has 0 atom stereocenters. The maximum Gasteiger partial charge on any atom is 0.328 e. The Balaban J connectivity index is 1.71. The van der Waals surface area contributed by atoms with Crippen LogP contribution in [0.3, 0.4) is 0 Å². The highest BCUT2D eigenvalue weighted by molar-refractivity contribution is 7.17. The average Bonchev–Trinajstić information content (AvgIpc) is 2.99. The van der Waals surface area contributed by atoms with E-state index in [4.69, 9.17) is 0 Å². The third kappa shape index (κ3) is 3.04. The Morgan fingerprint density at radius 3 is 2.91 bits per heavy atom. The molecule has 0 fully saturated rings. The molecule has 0 saturated carbocycles. The second-order valence-electron chi connectivity index (χ2n) is 4.85. The van der Waals surface area contributed by atoms with Gasteiger partial charge in [-0.05, 0) is 18.4 Å². The number of carbonyl (C=O) groups is 1. The molecule has 8 nitrogen and oxygen atoms in total. The highest BCUT2D eigenvalue weighted by Crippen LogP contribution is 2.11. The van der Waals surface area contributed by atoms with Crippen LogP contribution in [0.1, 0.15) is 16.2 Å². The van der Waals surface area contributed by atoms with Crippen LogP contribution in [0, 0.1) is 6.92 Å². The van der Waals surface area contributed by atoms with E-state index in [1.54, 1.807) is 18.4 Å². The summed E-state index contributed by atoms with van der Waals surface area (Å²) in [6.07, 6.45) is 2.87. The third-order valence-corrected chi connectivity index (χ3v) is 4.13. The van der Waals surface area contributed by atoms with Crippen LogP contribution in [0.5, 0.6) is 0 Å². The van der Waals surface area contributed by atoms with E-state index in [-0.39, 0.29) is 24.3 Å². The van der Waals surface area contributed by atoms with E-state index in [0.29, 0.717) is 15.9 Å². The first-order chi connectivity index (χ1) is 11.1. The van der Waals surface area contributed by atoms with Crippen LogP contribution in [0.2, 0.25) is 0 Å². The van der Waals surface area contributed by atoms with Crippen molar-refractivity contribution in [2.45, 2.75) is 13.5 Å². The van der Waals surface area contributed by atoms with Crippen molar-refractivity contribution in [3.63, 3.8) is 0 Å². The molecule has 0 aliphatic heterocycles. The molecule has 0 unspecified atom stereocenters. The molecule has 1 amide bonds. The smallest absolute Gasteiger partial charge is 0.328 e. The number of aromatic amines is 1. The lowest BCUT2D eigenvalue weighted by Crippen LogP contribution is -2.38. The highest BCUT2D eigenvalue weighted by atomic mass is 32.1. The summed E-state index contributed by atoms with van der Waals surface area (Å²) in [7, 11) is 0. The SMILES string of the molecule is Cc1cnc(C(=O)NCCn2c(=O)[nH]c3ccsc3c2=O)cn1. The fraction of sp³-hybridized carbons (Fsp3) is 0.214. The lowest BCUT2D eigenvalue weighted by atomic mass is 10.4. The molecule has 118 valence electrons. The van der Waals surface area contributed by atoms with Crippen molar-refractivity contribution < 1.29 is 4.79 Å². The molecule has 23 heavy (non-hydrogen) atoms. The van der Waals surface area contributed by atoms with Gasteiger partial charge in [-0.15, -0.1) is 11.3 Å². The predicted octanol–water partition coefficient (Wildman–Crippen LogP) is 0.280. The largest absolute Gasteiger partial charge is 0.349 e. The quantitative estimate of drug-likeness (QED) is 0.713. The Kier molecular flexibility index (Phi) is 4.02. The zero-order chi connectivity index (χ0) is 16.4. The van der Waals surface area contributed by atoms with Crippen LogP contribution in [0.25, 0.3) is 10.2 Å². The fourth-order valence-corrected chi connectivity index (χ4v) is 2.85. The van der Waals surface area contributed by atoms with Crippen LogP contribution < -0.4 is 16.6 Å². The maximum absolute atomic E-state index is 12.2. The zero-order valence-corrected chi connectivity index (χ0v) is 13.0. The fourth-order valence-electron chi connectivity index (χ4n) is 2.06. The molecule has 0 aliphatic carbocycles. The van der Waals surface area contributed by atoms with E-state index >= 15 is 0 Å². The first-order valence-corrected chi connectivity index (χ1v) is 7.71. The van der Waals surface area contributed by atoms with Crippen molar-refractivity contribution in [3.8, 4) is 0 Å². The molecular formula is C14H13N5O3S. The van der Waals surface area contributed by atoms with Crippen molar-refractivity contribution in [2.24, 2.45) is 0 Å². The first-order valence-electron chi connectivity index (χ1n) is 6.83. The first kappa shape index (κ1) is 15.1. The monoisotopic (exact) mass is 331 g/mol. The van der Waals surface area contributed by atoms with Gasteiger partial charge >= 0.3 is 5.69 Å². The maximum atomic E-state index is 12.2. The van der Waals surface area contributed by atoms with Gasteiger partial charge in [0, 0.05) is 19.3 Å². The van der Waals surface area contributed by atoms with Gasteiger partial charge in [-0.3, -0.25) is 19.1 Å². The molecule has 0 radical (unpaired) electrons. The number of rotatable bonds is 4. The number of hydrogen-bond acceptors (Lipinski definition) is 6. The van der Waals surface area contributed by atoms with Crippen LogP contribution in [-0.4, -0.2) is 32.0 Å². The number of nitrogens with zero attached hydrogens (tertiary/aromatic N) is 3. The summed E-state index contributed by atoms with van der Waals surface area (Å²) in [5.74, 6) is -0.404. The average molecular weight is 331 g/mol. The van der Waals surface area contributed by atoms with Crippen LogP contribution in [0.15, 0.2) is 33.4 Å². The molecule has 3 aromatic heterocycles. The standard InChI is InChI=1S/C14H13N5O3S/c1-8-6-17-10(7-16-8)12(20)15-3-4-19-13(21)11-9(2-5-23-11)18-14(19)22/h2,5-7H,3-4H2,1H3,(H,15,20)(H,18,22). The summed E-state index contributed by atoms with van der Waals surface area (Å²) in [5.41, 5.74) is 0.572. The molecule has 3 rings (SSSR count). The van der Waals surface area contributed by atoms with Crippen molar-refractivity contribution >= 4 is 27.5 Å². The molecular weight excluding hydrogens is 318 g/mol. The summed E-state index contributed by atoms with van der Waals surface area (Å²) >= 11 is 1.27. The minimum Gasteiger partial charge on any atom is -0.349 e. The summed E-state index contributed by atoms with van der Waals surface area (Å²) in [6, 6.07) is 1.69. The molecule has 9 heteroatoms. The summed E-state index contributed by atoms with van der Waals surface area (Å²) in [4.78, 5) is 46.6. The second-order valence-corrected chi connectivity index (χ2v) is 5.77. The number of thiophene rings is 1. The van der Waals surface area contributed by atoms with Crippen molar-refractivity contribution in [3.05, 3.63) is 56.1 Å². The third-order valence-electron chi connectivity index (χ3n) is 3.23. The number of amides is 1. The Bertz CT molecular complexity index is 970. The Hall–Kier alpha value is -2.81. The van der Waals surface area contributed by atoms with Crippen molar-refractivity contribution in [1.29, 1.82) is 0 Å². The normalized spacial score (nSPS) is 10.8. The molecule has 0 aromatic carbocycles. The van der Waals surface area contributed by atoms with E-state index in [2.05, 4.69) is 20.3 Å². The summed E-state index contributed by atoms with van der Waals surface area (Å²) < 4.78 is 1.56. The molecule has 0 spiro atoms. The van der Waals surface area contributed by atoms with Gasteiger partial charge in [0.15, 0.2) is 0 Å². The van der Waals surface area contributed by atoms with Gasteiger partial charge in [0.05, 0.1) is 17.4 Å². The van der Waals surface area contributed by atoms with Gasteiger partial charge in [-0.2, -0.15) is 0 Å². The van der Waals surface area contributed by atoms with E-state index in [9.17, 15) is 14.4 Å². The zero-order valence-electron chi connectivity index (χ0n) is 12.2. The second kappa shape index (κ2) is 6.13. The number of fused-ring (bicyclic) bond motifs is 1. The van der Waals surface area contributed by atoms with Gasteiger partial charge in [0.2, 0.25) is 0 Å². The molecule has 3 aromatic rings. The number of nitrogens with one attached hydrogen (secondary N) is 2. The van der Waals surface area contributed by atoms with Gasteiger partial charge in [-0.25, -0.2) is 9.78 Å². The lowest BCUT2D eigenvalue weighted by Gasteiger charge is -2.06. The Labute approximate surface area is 133 Å². The minimum atomic E-state index is -0.495. The van der Waals surface area contributed by atoms with Crippen LogP contribution in [-0.2, 0) is 6.54 Å². The number of H-pyrrole nitrogens is 1. The van der Waals surface area contributed by atoms with E-state index in [1.165, 1.54) is 23.7 Å². The molecule has 0 aliphatic rings. The molecule has 3 heterocycles. The van der Waals surface area contributed by atoms with E-state index in [1.807, 2.05) is 0 Å². The summed E-state index contributed by atoms with van der Waals surface area (Å²) in [6.45, 7) is 1.98. The molecule has 2 N–H and O–H groups in total. The predicted molar refractivity (Wildman–Crippen MR) is 85.8 cm³/mol. The van der Waals surface area contributed by atoms with Gasteiger partial charge < -0.3 is 10.3 Å². The molecule has 0 saturated heterocycles. The Morgan fingerprint density at radius 2 is 2.17 bits per heavy atom. The minimum absolute atomic E-state index is 0.0764. The van der Waals surface area contributed by atoms with Gasteiger partial charge in [0.25, 0.3) is 11.5 Å². The number of aromatic nitrogens is 4. The summed E-state index contributed by atoms with van der Waals surface area (Å²) in [5, 5.41) is 4.35. The van der Waals surface area contributed by atoms with E-state index in [0.717, 1.165) is 4.57 Å². The van der Waals surface area contributed by atoms with E-state index < -0.39 is 11.6 Å². The number of carbonyl (C=O) groups excluding carboxylic acids is 1. The van der Waals surface area contributed by atoms with Crippen LogP contribution >= 0.6 is 11.3 Å². The Morgan fingerprint density at radius 1 is 1.35 bits per heavy atom. The number of aryl methyl sites for hydroxylation is 1. The van der Waals surface area contributed by atoms with Gasteiger partial charge in [0.1, 0.15) is 10.4 Å². The molecule has 0 bridgehead atoms. The lowest BCUT2D eigenvalue weighted by molar-refractivity contribution is 0.0946. The van der Waals surface area contributed by atoms with Crippen LogP contribution in [0.4, 0.5) is 0 Å². The number of hydrogen-bond donors (Lipinski definition) is 2.